The monoisotopic (exact) mass is 431 g/mol. The van der Waals surface area contributed by atoms with Gasteiger partial charge < -0.3 is 14.8 Å². The van der Waals surface area contributed by atoms with E-state index in [9.17, 15) is 0 Å². The van der Waals surface area contributed by atoms with Crippen LogP contribution in [-0.4, -0.2) is 24.5 Å². The molecule has 3 aromatic rings. The molecule has 0 aromatic carbocycles. The molecule has 0 radical (unpaired) electrons. The van der Waals surface area contributed by atoms with E-state index in [0.29, 0.717) is 12.6 Å². The van der Waals surface area contributed by atoms with Crippen LogP contribution in [0.2, 0.25) is 0 Å². The van der Waals surface area contributed by atoms with E-state index < -0.39 is 0 Å². The van der Waals surface area contributed by atoms with Gasteiger partial charge in [-0.15, -0.1) is 0 Å². The third-order valence-electron chi connectivity index (χ3n) is 6.79. The Kier molecular flexibility index (Phi) is 5.48. The summed E-state index contributed by atoms with van der Waals surface area (Å²) in [5.41, 5.74) is 6.07. The molecule has 160 valence electrons. The quantitative estimate of drug-likeness (QED) is 0.564. The summed E-state index contributed by atoms with van der Waals surface area (Å²) in [6, 6.07) is 15.2. The van der Waals surface area contributed by atoms with Gasteiger partial charge in [-0.1, -0.05) is 25.0 Å². The maximum Gasteiger partial charge on any atom is 0.170 e. The van der Waals surface area contributed by atoms with Gasteiger partial charge in [0.15, 0.2) is 5.11 Å². The highest BCUT2D eigenvalue weighted by Crippen LogP contribution is 2.43. The van der Waals surface area contributed by atoms with Gasteiger partial charge in [0.1, 0.15) is 0 Å². The lowest BCUT2D eigenvalue weighted by atomic mass is 9.96. The van der Waals surface area contributed by atoms with E-state index in [-0.39, 0.29) is 12.1 Å². The topological polar surface area (TPSA) is 46.0 Å². The summed E-state index contributed by atoms with van der Waals surface area (Å²) in [5.74, 6) is 0. The fraction of sp³-hybridized carbons (Fsp3) is 0.400. The summed E-state index contributed by atoms with van der Waals surface area (Å²) in [7, 11) is 0. The van der Waals surface area contributed by atoms with Crippen LogP contribution in [0.15, 0.2) is 54.9 Å². The minimum Gasteiger partial charge on any atom is -0.352 e. The molecule has 1 aliphatic heterocycles. The standard InChI is InChI=1S/C25H29N5S/c1-17-15-21(18(2)30(17)20-10-3-4-11-20)24-23(22-12-6-8-14-27-22)28-25(31)29(24)16-19-9-5-7-13-26-19/h5-9,12-15,20,23-24H,3-4,10-11,16H2,1-2H3,(H,28,31)/t23-,24-/m0/s1. The third-order valence-corrected chi connectivity index (χ3v) is 7.14. The Hall–Kier alpha value is -2.73. The molecule has 0 bridgehead atoms. The zero-order valence-corrected chi connectivity index (χ0v) is 19.0. The first-order valence-electron chi connectivity index (χ1n) is 11.2. The lowest BCUT2D eigenvalue weighted by Crippen LogP contribution is -2.29. The van der Waals surface area contributed by atoms with Gasteiger partial charge in [-0.2, -0.15) is 0 Å². The highest BCUT2D eigenvalue weighted by atomic mass is 32.1. The normalized spacial score (nSPS) is 21.6. The smallest absolute Gasteiger partial charge is 0.170 e. The number of aryl methyl sites for hydroxylation is 1. The van der Waals surface area contributed by atoms with Gasteiger partial charge in [0.25, 0.3) is 0 Å². The molecule has 1 N–H and O–H groups in total. The molecular weight excluding hydrogens is 402 g/mol. The van der Waals surface area contributed by atoms with Gasteiger partial charge >= 0.3 is 0 Å². The fourth-order valence-electron chi connectivity index (χ4n) is 5.41. The Morgan fingerprint density at radius 1 is 1.03 bits per heavy atom. The van der Waals surface area contributed by atoms with Crippen molar-refractivity contribution in [2.24, 2.45) is 0 Å². The van der Waals surface area contributed by atoms with Crippen LogP contribution >= 0.6 is 12.2 Å². The van der Waals surface area contributed by atoms with E-state index in [1.807, 2.05) is 36.7 Å². The lowest BCUT2D eigenvalue weighted by molar-refractivity contribution is 0.306. The van der Waals surface area contributed by atoms with Crippen LogP contribution in [0.5, 0.6) is 0 Å². The Labute approximate surface area is 189 Å². The van der Waals surface area contributed by atoms with Crippen molar-refractivity contribution in [3.8, 4) is 0 Å². The van der Waals surface area contributed by atoms with Crippen molar-refractivity contribution < 1.29 is 0 Å². The SMILES string of the molecule is Cc1cc([C@H]2[C@H](c3ccccn3)NC(=S)N2Cc2ccccn2)c(C)n1C1CCCC1. The Morgan fingerprint density at radius 3 is 2.45 bits per heavy atom. The lowest BCUT2D eigenvalue weighted by Gasteiger charge is -2.28. The first kappa shape index (κ1) is 20.2. The summed E-state index contributed by atoms with van der Waals surface area (Å²) >= 11 is 5.84. The number of hydrogen-bond donors (Lipinski definition) is 1. The van der Waals surface area contributed by atoms with Gasteiger partial charge in [0, 0.05) is 29.8 Å². The van der Waals surface area contributed by atoms with E-state index in [1.165, 1.54) is 42.6 Å². The second-order valence-corrected chi connectivity index (χ2v) is 9.10. The Bertz CT molecular complexity index is 1060. The molecule has 0 unspecified atom stereocenters. The fourth-order valence-corrected chi connectivity index (χ4v) is 5.71. The average molecular weight is 432 g/mol. The molecule has 5 nitrogen and oxygen atoms in total. The van der Waals surface area contributed by atoms with E-state index in [0.717, 1.165) is 16.5 Å². The van der Waals surface area contributed by atoms with Crippen molar-refractivity contribution in [2.45, 2.75) is 64.2 Å². The molecule has 0 amide bonds. The Morgan fingerprint density at radius 2 is 1.77 bits per heavy atom. The molecule has 1 saturated heterocycles. The van der Waals surface area contributed by atoms with Crippen LogP contribution < -0.4 is 5.32 Å². The largest absolute Gasteiger partial charge is 0.352 e. The number of rotatable bonds is 5. The van der Waals surface area contributed by atoms with Crippen LogP contribution in [0, 0.1) is 13.8 Å². The van der Waals surface area contributed by atoms with Crippen molar-refractivity contribution >= 4 is 17.3 Å². The number of pyridine rings is 2. The molecular formula is C25H29N5S. The summed E-state index contributed by atoms with van der Waals surface area (Å²) in [6.07, 6.45) is 8.92. The summed E-state index contributed by atoms with van der Waals surface area (Å²) < 4.78 is 2.57. The molecule has 3 aromatic heterocycles. The van der Waals surface area contributed by atoms with E-state index in [2.05, 4.69) is 56.8 Å². The maximum absolute atomic E-state index is 5.84. The number of thiocarbonyl (C=S) groups is 1. The number of nitrogens with zero attached hydrogens (tertiary/aromatic N) is 4. The van der Waals surface area contributed by atoms with Crippen LogP contribution in [0.25, 0.3) is 0 Å². The number of aromatic nitrogens is 3. The predicted molar refractivity (Wildman–Crippen MR) is 127 cm³/mol. The van der Waals surface area contributed by atoms with Gasteiger partial charge in [0.2, 0.25) is 0 Å². The van der Waals surface area contributed by atoms with Gasteiger partial charge in [-0.3, -0.25) is 9.97 Å². The molecule has 2 aliphatic rings. The minimum atomic E-state index is 0.00920. The van der Waals surface area contributed by atoms with E-state index in [4.69, 9.17) is 12.2 Å². The molecule has 1 saturated carbocycles. The molecule has 6 heteroatoms. The summed E-state index contributed by atoms with van der Waals surface area (Å²) in [6.45, 7) is 5.19. The van der Waals surface area contributed by atoms with Crippen molar-refractivity contribution in [2.75, 3.05) is 0 Å². The minimum absolute atomic E-state index is 0.00920. The maximum atomic E-state index is 5.84. The zero-order chi connectivity index (χ0) is 21.4. The molecule has 2 fully saturated rings. The second kappa shape index (κ2) is 8.42. The molecule has 4 heterocycles. The molecule has 1 aliphatic carbocycles. The average Bonchev–Trinajstić information content (AvgIpc) is 3.49. The molecule has 31 heavy (non-hydrogen) atoms. The van der Waals surface area contributed by atoms with Crippen molar-refractivity contribution in [1.29, 1.82) is 0 Å². The van der Waals surface area contributed by atoms with Gasteiger partial charge in [-0.25, -0.2) is 0 Å². The van der Waals surface area contributed by atoms with Crippen LogP contribution in [0.3, 0.4) is 0 Å². The van der Waals surface area contributed by atoms with Gasteiger partial charge in [-0.05, 0) is 74.8 Å². The summed E-state index contributed by atoms with van der Waals surface area (Å²) in [4.78, 5) is 11.5. The number of nitrogens with one attached hydrogen (secondary N) is 1. The van der Waals surface area contributed by atoms with E-state index >= 15 is 0 Å². The highest BCUT2D eigenvalue weighted by molar-refractivity contribution is 7.80. The van der Waals surface area contributed by atoms with Crippen molar-refractivity contribution in [1.82, 2.24) is 24.8 Å². The predicted octanol–water partition coefficient (Wildman–Crippen LogP) is 5.18. The van der Waals surface area contributed by atoms with Crippen molar-refractivity contribution in [3.63, 3.8) is 0 Å². The third kappa shape index (κ3) is 3.74. The zero-order valence-electron chi connectivity index (χ0n) is 18.2. The van der Waals surface area contributed by atoms with E-state index in [1.54, 1.807) is 0 Å². The first-order chi connectivity index (χ1) is 15.1. The van der Waals surface area contributed by atoms with Crippen LogP contribution in [0.1, 0.15) is 72.1 Å². The van der Waals surface area contributed by atoms with Crippen LogP contribution in [-0.2, 0) is 6.54 Å². The Balaban J connectivity index is 1.58. The number of hydrogen-bond acceptors (Lipinski definition) is 3. The van der Waals surface area contributed by atoms with Crippen molar-refractivity contribution in [3.05, 3.63) is 83.2 Å². The van der Waals surface area contributed by atoms with Crippen LogP contribution in [0.4, 0.5) is 0 Å². The van der Waals surface area contributed by atoms with Gasteiger partial charge in [0.05, 0.1) is 30.0 Å². The summed E-state index contributed by atoms with van der Waals surface area (Å²) in [5, 5.41) is 4.33. The molecule has 0 spiro atoms. The second-order valence-electron chi connectivity index (χ2n) is 8.71. The first-order valence-corrected chi connectivity index (χ1v) is 11.6. The molecule has 2 atom stereocenters. The molecule has 5 rings (SSSR count). The highest BCUT2D eigenvalue weighted by Gasteiger charge is 2.41.